The number of aromatic nitrogens is 1. The molecule has 206 valence electrons. The summed E-state index contributed by atoms with van der Waals surface area (Å²) < 4.78 is 0. The fraction of sp³-hybridized carbons (Fsp3) is 0.633. The zero-order valence-corrected chi connectivity index (χ0v) is 22.7. The Morgan fingerprint density at radius 3 is 2.08 bits per heavy atom. The van der Waals surface area contributed by atoms with E-state index in [1.165, 1.54) is 38.8 Å². The first-order chi connectivity index (χ1) is 18.5. The van der Waals surface area contributed by atoms with Crippen molar-refractivity contribution in [2.75, 3.05) is 51.2 Å². The van der Waals surface area contributed by atoms with E-state index in [1.807, 2.05) is 30.3 Å². The number of carbonyl (C=O) groups excluding carboxylic acids is 1. The van der Waals surface area contributed by atoms with Gasteiger partial charge in [-0.2, -0.15) is 0 Å². The number of carboxylic acid groups (broad SMARTS) is 1. The number of nitrogens with zero attached hydrogens (tertiary/aromatic N) is 3. The normalized spacial score (nSPS) is 23.9. The Bertz CT molecular complexity index is 1100. The Morgan fingerprint density at radius 1 is 0.868 bits per heavy atom. The van der Waals surface area contributed by atoms with E-state index >= 15 is 0 Å². The van der Waals surface area contributed by atoms with Crippen LogP contribution in [0.25, 0.3) is 10.9 Å². The maximum atomic E-state index is 13.4. The average molecular weight is 522 g/mol. The van der Waals surface area contributed by atoms with E-state index in [0.29, 0.717) is 30.5 Å². The minimum atomic E-state index is -0.954. The molecule has 1 aliphatic carbocycles. The maximum Gasteiger partial charge on any atom is 0.404 e. The fourth-order valence-corrected chi connectivity index (χ4v) is 6.81. The summed E-state index contributed by atoms with van der Waals surface area (Å²) in [6.45, 7) is 5.63. The van der Waals surface area contributed by atoms with Crippen molar-refractivity contribution < 1.29 is 14.7 Å². The number of piperidine rings is 2. The number of para-hydroxylation sites is 1. The van der Waals surface area contributed by atoms with Gasteiger partial charge in [0.2, 0.25) is 0 Å². The smallest absolute Gasteiger partial charge is 0.404 e. The number of hydrogen-bond donors (Lipinski definition) is 3. The lowest BCUT2D eigenvalue weighted by Gasteiger charge is -2.40. The van der Waals surface area contributed by atoms with Crippen molar-refractivity contribution >= 4 is 28.7 Å². The second-order valence-corrected chi connectivity index (χ2v) is 11.8. The SMILES string of the molecule is CN1CCC(C2CCN(c3cc(C(=O)NCC4CCC(CNC(=O)O)CC4)c4ccccc4n3)CC2)CC1. The summed E-state index contributed by atoms with van der Waals surface area (Å²) >= 11 is 0. The third kappa shape index (κ3) is 6.57. The molecule has 3 N–H and O–H groups in total. The van der Waals surface area contributed by atoms with Crippen LogP contribution in [0.5, 0.6) is 0 Å². The highest BCUT2D eigenvalue weighted by Gasteiger charge is 2.30. The van der Waals surface area contributed by atoms with Gasteiger partial charge >= 0.3 is 6.09 Å². The molecule has 5 rings (SSSR count). The van der Waals surface area contributed by atoms with Crippen LogP contribution in [0.4, 0.5) is 10.6 Å². The van der Waals surface area contributed by atoms with Crippen molar-refractivity contribution in [1.82, 2.24) is 20.5 Å². The van der Waals surface area contributed by atoms with Crippen LogP contribution in [-0.4, -0.2) is 73.3 Å². The Balaban J connectivity index is 1.20. The number of anilines is 1. The van der Waals surface area contributed by atoms with Crippen molar-refractivity contribution in [2.24, 2.45) is 23.7 Å². The number of pyridine rings is 1. The van der Waals surface area contributed by atoms with Crippen molar-refractivity contribution in [2.45, 2.75) is 51.4 Å². The van der Waals surface area contributed by atoms with Crippen LogP contribution in [0.15, 0.2) is 30.3 Å². The average Bonchev–Trinajstić information content (AvgIpc) is 2.95. The molecule has 0 bridgehead atoms. The van der Waals surface area contributed by atoms with Gasteiger partial charge in [0.1, 0.15) is 5.82 Å². The monoisotopic (exact) mass is 521 g/mol. The molecular weight excluding hydrogens is 478 g/mol. The zero-order chi connectivity index (χ0) is 26.5. The molecule has 8 nitrogen and oxygen atoms in total. The van der Waals surface area contributed by atoms with Gasteiger partial charge in [0.15, 0.2) is 0 Å². The minimum Gasteiger partial charge on any atom is -0.465 e. The van der Waals surface area contributed by atoms with Gasteiger partial charge in [-0.05, 0) is 107 Å². The van der Waals surface area contributed by atoms with Gasteiger partial charge in [0, 0.05) is 31.6 Å². The number of benzene rings is 1. The summed E-state index contributed by atoms with van der Waals surface area (Å²) in [4.78, 5) is 34.0. The second kappa shape index (κ2) is 12.3. The molecule has 0 spiro atoms. The third-order valence-corrected chi connectivity index (χ3v) is 9.30. The van der Waals surface area contributed by atoms with Crippen molar-refractivity contribution in [3.63, 3.8) is 0 Å². The third-order valence-electron chi connectivity index (χ3n) is 9.30. The van der Waals surface area contributed by atoms with Gasteiger partial charge in [-0.15, -0.1) is 0 Å². The second-order valence-electron chi connectivity index (χ2n) is 11.8. The highest BCUT2D eigenvalue weighted by Crippen LogP contribution is 2.34. The highest BCUT2D eigenvalue weighted by atomic mass is 16.4. The summed E-state index contributed by atoms with van der Waals surface area (Å²) in [6.07, 6.45) is 8.12. The number of fused-ring (bicyclic) bond motifs is 1. The van der Waals surface area contributed by atoms with Gasteiger partial charge in [0.05, 0.1) is 11.1 Å². The van der Waals surface area contributed by atoms with Gasteiger partial charge in [0.25, 0.3) is 5.91 Å². The van der Waals surface area contributed by atoms with E-state index in [0.717, 1.165) is 67.3 Å². The Labute approximate surface area is 226 Å². The van der Waals surface area contributed by atoms with Crippen molar-refractivity contribution in [3.8, 4) is 0 Å². The van der Waals surface area contributed by atoms with Crippen molar-refractivity contribution in [3.05, 3.63) is 35.9 Å². The molecule has 3 fully saturated rings. The van der Waals surface area contributed by atoms with Crippen LogP contribution in [-0.2, 0) is 0 Å². The summed E-state index contributed by atoms with van der Waals surface area (Å²) in [5, 5.41) is 15.5. The molecule has 3 aliphatic rings. The summed E-state index contributed by atoms with van der Waals surface area (Å²) in [7, 11) is 2.23. The number of carbonyl (C=O) groups is 2. The van der Waals surface area contributed by atoms with Crippen LogP contribution in [0.2, 0.25) is 0 Å². The van der Waals surface area contributed by atoms with Gasteiger partial charge in [-0.25, -0.2) is 9.78 Å². The molecule has 2 aromatic rings. The Hall–Kier alpha value is -2.87. The standard InChI is InChI=1S/C30H43N5O3/c1-34-14-10-23(11-15-34)24-12-16-35(17-13-24)28-18-26(25-4-2-3-5-27(25)33-28)29(36)31-19-21-6-8-22(9-7-21)20-32-30(37)38/h2-5,18,21-24,32H,6-17,19-20H2,1H3,(H,31,36)(H,37,38). The lowest BCUT2D eigenvalue weighted by Crippen LogP contribution is -2.40. The predicted octanol–water partition coefficient (Wildman–Crippen LogP) is 4.60. The molecule has 2 aliphatic heterocycles. The van der Waals surface area contributed by atoms with Crippen LogP contribution in [0, 0.1) is 23.7 Å². The van der Waals surface area contributed by atoms with Crippen LogP contribution >= 0.6 is 0 Å². The molecule has 8 heteroatoms. The first kappa shape index (κ1) is 26.7. The summed E-state index contributed by atoms with van der Waals surface area (Å²) in [6, 6.07) is 9.97. The van der Waals surface area contributed by atoms with E-state index in [9.17, 15) is 9.59 Å². The van der Waals surface area contributed by atoms with E-state index in [4.69, 9.17) is 10.1 Å². The van der Waals surface area contributed by atoms with Gasteiger partial charge in [-0.1, -0.05) is 18.2 Å². The lowest BCUT2D eigenvalue weighted by atomic mass is 9.79. The molecule has 38 heavy (non-hydrogen) atoms. The summed E-state index contributed by atoms with van der Waals surface area (Å²) in [5.41, 5.74) is 1.58. The fourth-order valence-electron chi connectivity index (χ4n) is 6.81. The molecule has 1 aromatic heterocycles. The number of hydrogen-bond acceptors (Lipinski definition) is 5. The zero-order valence-electron chi connectivity index (χ0n) is 22.7. The Kier molecular flexibility index (Phi) is 8.67. The number of amides is 2. The van der Waals surface area contributed by atoms with Crippen LogP contribution in [0.3, 0.4) is 0 Å². The molecule has 1 saturated carbocycles. The topological polar surface area (TPSA) is 97.8 Å². The van der Waals surface area contributed by atoms with E-state index in [1.54, 1.807) is 0 Å². The first-order valence-corrected chi connectivity index (χ1v) is 14.5. The quantitative estimate of drug-likeness (QED) is 0.493. The van der Waals surface area contributed by atoms with E-state index in [2.05, 4.69) is 27.5 Å². The Morgan fingerprint density at radius 2 is 1.45 bits per heavy atom. The van der Waals surface area contributed by atoms with Gasteiger partial charge < -0.3 is 25.5 Å². The van der Waals surface area contributed by atoms with Crippen LogP contribution < -0.4 is 15.5 Å². The number of rotatable bonds is 7. The van der Waals surface area contributed by atoms with Crippen molar-refractivity contribution in [1.29, 1.82) is 0 Å². The number of likely N-dealkylation sites (tertiary alicyclic amines) is 1. The minimum absolute atomic E-state index is 0.0271. The molecular formula is C30H43N5O3. The molecule has 0 radical (unpaired) electrons. The van der Waals surface area contributed by atoms with Crippen LogP contribution in [0.1, 0.15) is 61.7 Å². The van der Waals surface area contributed by atoms with E-state index in [-0.39, 0.29) is 5.91 Å². The van der Waals surface area contributed by atoms with Gasteiger partial charge in [-0.3, -0.25) is 4.79 Å². The molecule has 2 saturated heterocycles. The van der Waals surface area contributed by atoms with E-state index < -0.39 is 6.09 Å². The summed E-state index contributed by atoms with van der Waals surface area (Å²) in [5.74, 6) is 3.38. The highest BCUT2D eigenvalue weighted by molar-refractivity contribution is 6.07. The predicted molar refractivity (Wildman–Crippen MR) is 151 cm³/mol. The molecule has 1 aromatic carbocycles. The number of nitrogens with one attached hydrogen (secondary N) is 2. The largest absolute Gasteiger partial charge is 0.465 e. The first-order valence-electron chi connectivity index (χ1n) is 14.5. The lowest BCUT2D eigenvalue weighted by molar-refractivity contribution is 0.0942. The molecule has 0 atom stereocenters. The maximum absolute atomic E-state index is 13.4. The molecule has 3 heterocycles. The molecule has 0 unspecified atom stereocenters. The molecule has 2 amide bonds.